The molecule has 1 aromatic carbocycles. The van der Waals surface area contributed by atoms with E-state index >= 15 is 0 Å². The standard InChI is InChI=1S/C11H8N2O3/c12-7-8-2-1-3-9(6-8)13-10(14)4-5-11(15)16/h1-6H,(H,13,14)(H,15,16)/b5-4+. The number of carboxylic acids is 1. The number of benzene rings is 1. The first-order valence-electron chi connectivity index (χ1n) is 4.34. The Morgan fingerprint density at radius 2 is 2.12 bits per heavy atom. The van der Waals surface area contributed by atoms with E-state index in [4.69, 9.17) is 10.4 Å². The van der Waals surface area contributed by atoms with Crippen molar-refractivity contribution in [2.45, 2.75) is 0 Å². The van der Waals surface area contributed by atoms with E-state index in [1.54, 1.807) is 18.2 Å². The number of hydrogen-bond acceptors (Lipinski definition) is 3. The van der Waals surface area contributed by atoms with E-state index in [0.29, 0.717) is 11.3 Å². The van der Waals surface area contributed by atoms with Gasteiger partial charge in [-0.15, -0.1) is 0 Å². The summed E-state index contributed by atoms with van der Waals surface area (Å²) in [4.78, 5) is 21.3. The molecule has 80 valence electrons. The highest BCUT2D eigenvalue weighted by molar-refractivity contribution is 6.02. The minimum atomic E-state index is -1.19. The maximum absolute atomic E-state index is 11.2. The number of rotatable bonds is 3. The van der Waals surface area contributed by atoms with Crippen molar-refractivity contribution >= 4 is 17.6 Å². The zero-order chi connectivity index (χ0) is 12.0. The van der Waals surface area contributed by atoms with E-state index < -0.39 is 11.9 Å². The smallest absolute Gasteiger partial charge is 0.328 e. The number of carbonyl (C=O) groups excluding carboxylic acids is 1. The lowest BCUT2D eigenvalue weighted by atomic mass is 10.2. The topological polar surface area (TPSA) is 90.2 Å². The molecule has 5 heteroatoms. The molecule has 0 radical (unpaired) electrons. The highest BCUT2D eigenvalue weighted by atomic mass is 16.4. The lowest BCUT2D eigenvalue weighted by molar-refractivity contribution is -0.131. The third-order valence-electron chi connectivity index (χ3n) is 1.64. The summed E-state index contributed by atoms with van der Waals surface area (Å²) in [5.41, 5.74) is 0.860. The third kappa shape index (κ3) is 3.64. The Labute approximate surface area is 91.6 Å². The lowest BCUT2D eigenvalue weighted by Gasteiger charge is -2.01. The first kappa shape index (κ1) is 11.5. The van der Waals surface area contributed by atoms with Crippen molar-refractivity contribution in [1.82, 2.24) is 0 Å². The predicted molar refractivity (Wildman–Crippen MR) is 56.6 cm³/mol. The third-order valence-corrected chi connectivity index (χ3v) is 1.64. The van der Waals surface area contributed by atoms with Gasteiger partial charge in [-0.1, -0.05) is 6.07 Å². The molecule has 0 saturated carbocycles. The molecule has 16 heavy (non-hydrogen) atoms. The van der Waals surface area contributed by atoms with Crippen LogP contribution in [0.5, 0.6) is 0 Å². The zero-order valence-electron chi connectivity index (χ0n) is 8.18. The van der Waals surface area contributed by atoms with Crippen LogP contribution in [-0.4, -0.2) is 17.0 Å². The predicted octanol–water partition coefficient (Wildman–Crippen LogP) is 1.14. The van der Waals surface area contributed by atoms with Gasteiger partial charge >= 0.3 is 5.97 Å². The largest absolute Gasteiger partial charge is 0.478 e. The number of carbonyl (C=O) groups is 2. The van der Waals surface area contributed by atoms with Gasteiger partial charge < -0.3 is 10.4 Å². The lowest BCUT2D eigenvalue weighted by Crippen LogP contribution is -2.08. The molecule has 0 aromatic heterocycles. The van der Waals surface area contributed by atoms with E-state index in [-0.39, 0.29) is 0 Å². The van der Waals surface area contributed by atoms with Crippen LogP contribution in [-0.2, 0) is 9.59 Å². The number of nitrogens with zero attached hydrogens (tertiary/aromatic N) is 1. The van der Waals surface area contributed by atoms with Gasteiger partial charge in [0.1, 0.15) is 0 Å². The highest BCUT2D eigenvalue weighted by Crippen LogP contribution is 2.09. The second kappa shape index (κ2) is 5.32. The van der Waals surface area contributed by atoms with Crippen LogP contribution in [0.3, 0.4) is 0 Å². The van der Waals surface area contributed by atoms with Gasteiger partial charge in [0.05, 0.1) is 11.6 Å². The van der Waals surface area contributed by atoms with Crippen LogP contribution < -0.4 is 5.32 Å². The van der Waals surface area contributed by atoms with Gasteiger partial charge in [0.25, 0.3) is 0 Å². The highest BCUT2D eigenvalue weighted by Gasteiger charge is 1.99. The summed E-state index contributed by atoms with van der Waals surface area (Å²) >= 11 is 0. The molecule has 0 saturated heterocycles. The molecule has 1 aromatic rings. The summed E-state index contributed by atoms with van der Waals surface area (Å²) in [6.45, 7) is 0. The molecule has 0 spiro atoms. The normalized spacial score (nSPS) is 9.69. The van der Waals surface area contributed by atoms with Crippen LogP contribution in [0, 0.1) is 11.3 Å². The summed E-state index contributed by atoms with van der Waals surface area (Å²) in [7, 11) is 0. The van der Waals surface area contributed by atoms with E-state index in [1.807, 2.05) is 6.07 Å². The Balaban J connectivity index is 2.70. The van der Waals surface area contributed by atoms with Crippen LogP contribution in [0.1, 0.15) is 5.56 Å². The van der Waals surface area contributed by atoms with Gasteiger partial charge in [0.2, 0.25) is 5.91 Å². The number of nitrogens with one attached hydrogen (secondary N) is 1. The molecule has 1 amide bonds. The molecule has 0 bridgehead atoms. The Kier molecular flexibility index (Phi) is 3.81. The van der Waals surface area contributed by atoms with E-state index in [1.165, 1.54) is 6.07 Å². The molecule has 0 fully saturated rings. The Morgan fingerprint density at radius 1 is 1.38 bits per heavy atom. The minimum absolute atomic E-state index is 0.417. The molecule has 2 N–H and O–H groups in total. The van der Waals surface area contributed by atoms with Crippen LogP contribution in [0.15, 0.2) is 36.4 Å². The van der Waals surface area contributed by atoms with Crippen LogP contribution in [0.2, 0.25) is 0 Å². The van der Waals surface area contributed by atoms with Gasteiger partial charge in [0.15, 0.2) is 0 Å². The Morgan fingerprint density at radius 3 is 2.75 bits per heavy atom. The average Bonchev–Trinajstić information content (AvgIpc) is 2.26. The molecular weight excluding hydrogens is 208 g/mol. The Bertz CT molecular complexity index is 486. The van der Waals surface area contributed by atoms with Gasteiger partial charge in [-0.25, -0.2) is 4.79 Å². The maximum Gasteiger partial charge on any atom is 0.328 e. The van der Waals surface area contributed by atoms with Crippen molar-refractivity contribution in [3.8, 4) is 6.07 Å². The number of nitriles is 1. The maximum atomic E-state index is 11.2. The van der Waals surface area contributed by atoms with Gasteiger partial charge in [-0.2, -0.15) is 5.26 Å². The number of anilines is 1. The molecule has 1 rings (SSSR count). The van der Waals surface area contributed by atoms with Gasteiger partial charge in [0, 0.05) is 17.8 Å². The van der Waals surface area contributed by atoms with Crippen molar-refractivity contribution in [2.75, 3.05) is 5.32 Å². The molecule has 0 heterocycles. The molecule has 0 aliphatic rings. The SMILES string of the molecule is N#Cc1cccc(NC(=O)/C=C/C(=O)O)c1. The van der Waals surface area contributed by atoms with Gasteiger partial charge in [-0.3, -0.25) is 4.79 Å². The molecule has 0 aliphatic carbocycles. The second-order valence-electron chi connectivity index (χ2n) is 2.85. The van der Waals surface area contributed by atoms with Crippen molar-refractivity contribution < 1.29 is 14.7 Å². The minimum Gasteiger partial charge on any atom is -0.478 e. The van der Waals surface area contributed by atoms with Crippen molar-refractivity contribution in [2.24, 2.45) is 0 Å². The number of hydrogen-bond donors (Lipinski definition) is 2. The first-order valence-corrected chi connectivity index (χ1v) is 4.34. The quantitative estimate of drug-likeness (QED) is 0.741. The fraction of sp³-hybridized carbons (Fsp3) is 0. The summed E-state index contributed by atoms with van der Waals surface area (Å²) in [6, 6.07) is 8.24. The van der Waals surface area contributed by atoms with Crippen molar-refractivity contribution in [3.63, 3.8) is 0 Å². The second-order valence-corrected chi connectivity index (χ2v) is 2.85. The summed E-state index contributed by atoms with van der Waals surface area (Å²) < 4.78 is 0. The van der Waals surface area contributed by atoms with Gasteiger partial charge in [-0.05, 0) is 18.2 Å². The van der Waals surface area contributed by atoms with Crippen LogP contribution in [0.25, 0.3) is 0 Å². The number of aliphatic carboxylic acids is 1. The fourth-order valence-electron chi connectivity index (χ4n) is 0.997. The monoisotopic (exact) mass is 216 g/mol. The summed E-state index contributed by atoms with van der Waals surface area (Å²) in [5, 5.41) is 19.4. The molecule has 5 nitrogen and oxygen atoms in total. The van der Waals surface area contributed by atoms with Crippen LogP contribution >= 0.6 is 0 Å². The molecule has 0 unspecified atom stereocenters. The van der Waals surface area contributed by atoms with E-state index in [2.05, 4.69) is 5.32 Å². The van der Waals surface area contributed by atoms with E-state index in [0.717, 1.165) is 12.2 Å². The number of carboxylic acid groups (broad SMARTS) is 1. The Hall–Kier alpha value is -2.61. The molecule has 0 aliphatic heterocycles. The van der Waals surface area contributed by atoms with E-state index in [9.17, 15) is 9.59 Å². The first-order chi connectivity index (χ1) is 7.61. The summed E-state index contributed by atoms with van der Waals surface area (Å²) in [5.74, 6) is -1.75. The zero-order valence-corrected chi connectivity index (χ0v) is 8.18. The fourth-order valence-corrected chi connectivity index (χ4v) is 0.997. The molecular formula is C11H8N2O3. The summed E-state index contributed by atoms with van der Waals surface area (Å²) in [6.07, 6.45) is 1.64. The number of amides is 1. The average molecular weight is 216 g/mol. The molecule has 0 atom stereocenters. The van der Waals surface area contributed by atoms with Crippen LogP contribution in [0.4, 0.5) is 5.69 Å². The van der Waals surface area contributed by atoms with Crippen molar-refractivity contribution in [3.05, 3.63) is 42.0 Å². The van der Waals surface area contributed by atoms with Crippen molar-refractivity contribution in [1.29, 1.82) is 5.26 Å².